The molecule has 4 aliphatic rings. The lowest BCUT2D eigenvalue weighted by atomic mass is 9.48. The molecule has 1 heterocycles. The Labute approximate surface area is 127 Å². The number of hydrogen-bond acceptors (Lipinski definition) is 3. The normalized spacial score (nSPS) is 38.9. The number of nitrogens with zero attached hydrogens (tertiary/aromatic N) is 3. The summed E-state index contributed by atoms with van der Waals surface area (Å²) in [4.78, 5) is 0. The number of aromatic nitrogens is 3. The van der Waals surface area contributed by atoms with Crippen molar-refractivity contribution < 1.29 is 0 Å². The second-order valence-corrected chi connectivity index (χ2v) is 8.01. The maximum absolute atomic E-state index is 4.14. The van der Waals surface area contributed by atoms with Gasteiger partial charge in [0.15, 0.2) is 0 Å². The number of aryl methyl sites for hydroxylation is 1. The van der Waals surface area contributed by atoms with Crippen molar-refractivity contribution in [3.63, 3.8) is 0 Å². The third-order valence-electron chi connectivity index (χ3n) is 6.36. The van der Waals surface area contributed by atoms with Crippen LogP contribution in [0.2, 0.25) is 0 Å². The molecule has 0 aliphatic heterocycles. The van der Waals surface area contributed by atoms with Crippen molar-refractivity contribution in [3.8, 4) is 0 Å². The third-order valence-corrected chi connectivity index (χ3v) is 6.36. The summed E-state index contributed by atoms with van der Waals surface area (Å²) < 4.78 is 1.95. The molecule has 4 fully saturated rings. The standard InChI is InChI=1S/C17H28N4/c1-3-18-15(16-11-19-20-21(16)2)10-17-7-12-4-13(8-17)6-14(5-12)9-17/h11-15,18H,3-10H2,1-2H3. The topological polar surface area (TPSA) is 42.7 Å². The Kier molecular flexibility index (Phi) is 3.32. The molecule has 0 radical (unpaired) electrons. The summed E-state index contributed by atoms with van der Waals surface area (Å²) in [6.07, 6.45) is 12.2. The van der Waals surface area contributed by atoms with Gasteiger partial charge in [0.05, 0.1) is 17.9 Å². The van der Waals surface area contributed by atoms with E-state index >= 15 is 0 Å². The zero-order chi connectivity index (χ0) is 14.4. The molecule has 4 heteroatoms. The molecule has 0 aromatic carbocycles. The van der Waals surface area contributed by atoms with Gasteiger partial charge in [0, 0.05) is 7.05 Å². The molecule has 0 saturated heterocycles. The van der Waals surface area contributed by atoms with Crippen molar-refractivity contribution in [1.82, 2.24) is 20.3 Å². The van der Waals surface area contributed by atoms with Crippen LogP contribution in [-0.2, 0) is 7.05 Å². The maximum atomic E-state index is 4.14. The first-order valence-electron chi connectivity index (χ1n) is 8.75. The average molecular weight is 288 g/mol. The monoisotopic (exact) mass is 288 g/mol. The van der Waals surface area contributed by atoms with Crippen LogP contribution in [0.25, 0.3) is 0 Å². The largest absolute Gasteiger partial charge is 0.309 e. The van der Waals surface area contributed by atoms with Gasteiger partial charge in [-0.15, -0.1) is 5.10 Å². The first-order chi connectivity index (χ1) is 10.2. The summed E-state index contributed by atoms with van der Waals surface area (Å²) in [6, 6.07) is 0.422. The van der Waals surface area contributed by atoms with Gasteiger partial charge in [-0.1, -0.05) is 12.1 Å². The van der Waals surface area contributed by atoms with Gasteiger partial charge in [-0.2, -0.15) is 0 Å². The van der Waals surface area contributed by atoms with Gasteiger partial charge in [0.25, 0.3) is 0 Å². The van der Waals surface area contributed by atoms with Gasteiger partial charge < -0.3 is 5.32 Å². The quantitative estimate of drug-likeness (QED) is 0.905. The minimum atomic E-state index is 0.422. The van der Waals surface area contributed by atoms with Gasteiger partial charge >= 0.3 is 0 Å². The summed E-state index contributed by atoms with van der Waals surface area (Å²) in [5.74, 6) is 3.09. The maximum Gasteiger partial charge on any atom is 0.0753 e. The summed E-state index contributed by atoms with van der Waals surface area (Å²) in [5.41, 5.74) is 1.86. The van der Waals surface area contributed by atoms with Gasteiger partial charge in [-0.25, -0.2) is 0 Å². The number of rotatable bonds is 5. The zero-order valence-corrected chi connectivity index (χ0v) is 13.4. The van der Waals surface area contributed by atoms with Crippen LogP contribution in [0.5, 0.6) is 0 Å². The average Bonchev–Trinajstić information content (AvgIpc) is 2.82. The fourth-order valence-corrected chi connectivity index (χ4v) is 6.11. The molecule has 1 atom stereocenters. The molecule has 116 valence electrons. The van der Waals surface area contributed by atoms with Crippen LogP contribution in [0.3, 0.4) is 0 Å². The van der Waals surface area contributed by atoms with Crippen molar-refractivity contribution in [1.29, 1.82) is 0 Å². The SMILES string of the molecule is CCNC(CC12CC3CC(CC(C3)C1)C2)c1cnnn1C. The smallest absolute Gasteiger partial charge is 0.0753 e. The van der Waals surface area contributed by atoms with E-state index < -0.39 is 0 Å². The van der Waals surface area contributed by atoms with Crippen molar-refractivity contribution in [2.24, 2.45) is 30.2 Å². The summed E-state index contributed by atoms with van der Waals surface area (Å²) in [6.45, 7) is 3.22. The van der Waals surface area contributed by atoms with E-state index in [4.69, 9.17) is 0 Å². The van der Waals surface area contributed by atoms with Crippen LogP contribution in [0.15, 0.2) is 6.20 Å². The number of hydrogen-bond donors (Lipinski definition) is 1. The minimum Gasteiger partial charge on any atom is -0.309 e. The first-order valence-corrected chi connectivity index (χ1v) is 8.75. The van der Waals surface area contributed by atoms with E-state index in [0.717, 1.165) is 24.3 Å². The van der Waals surface area contributed by atoms with Crippen LogP contribution in [-0.4, -0.2) is 21.5 Å². The van der Waals surface area contributed by atoms with Crippen molar-refractivity contribution in [2.45, 2.75) is 57.9 Å². The van der Waals surface area contributed by atoms with E-state index in [9.17, 15) is 0 Å². The van der Waals surface area contributed by atoms with Crippen molar-refractivity contribution in [2.75, 3.05) is 6.54 Å². The van der Waals surface area contributed by atoms with Crippen LogP contribution >= 0.6 is 0 Å². The van der Waals surface area contributed by atoms with Gasteiger partial charge in [0.1, 0.15) is 0 Å². The van der Waals surface area contributed by atoms with Gasteiger partial charge in [0.2, 0.25) is 0 Å². The fraction of sp³-hybridized carbons (Fsp3) is 0.882. The molecule has 1 aromatic rings. The summed E-state index contributed by atoms with van der Waals surface area (Å²) >= 11 is 0. The second-order valence-electron chi connectivity index (χ2n) is 8.01. The second kappa shape index (κ2) is 5.08. The molecule has 4 nitrogen and oxygen atoms in total. The molecule has 4 saturated carbocycles. The van der Waals surface area contributed by atoms with E-state index in [2.05, 4.69) is 22.6 Å². The first kappa shape index (κ1) is 13.7. The van der Waals surface area contributed by atoms with Crippen LogP contribution in [0, 0.1) is 23.2 Å². The Hall–Kier alpha value is -0.900. The molecule has 21 heavy (non-hydrogen) atoms. The molecule has 5 rings (SSSR count). The van der Waals surface area contributed by atoms with E-state index in [0.29, 0.717) is 11.5 Å². The Morgan fingerprint density at radius 1 is 1.24 bits per heavy atom. The lowest BCUT2D eigenvalue weighted by Gasteiger charge is -2.57. The third kappa shape index (κ3) is 2.41. The summed E-state index contributed by atoms with van der Waals surface area (Å²) in [7, 11) is 2.02. The lowest BCUT2D eigenvalue weighted by molar-refractivity contribution is -0.0625. The highest BCUT2D eigenvalue weighted by Gasteiger charge is 2.51. The summed E-state index contributed by atoms with van der Waals surface area (Å²) in [5, 5.41) is 11.9. The molecule has 1 aromatic heterocycles. The minimum absolute atomic E-state index is 0.422. The molecule has 4 aliphatic carbocycles. The van der Waals surface area contributed by atoms with Crippen molar-refractivity contribution in [3.05, 3.63) is 11.9 Å². The molecule has 1 N–H and O–H groups in total. The zero-order valence-electron chi connectivity index (χ0n) is 13.4. The van der Waals surface area contributed by atoms with Crippen LogP contribution in [0.1, 0.15) is 63.6 Å². The molecule has 1 unspecified atom stereocenters. The van der Waals surface area contributed by atoms with E-state index in [1.54, 1.807) is 0 Å². The highest BCUT2D eigenvalue weighted by Crippen LogP contribution is 2.62. The van der Waals surface area contributed by atoms with Crippen molar-refractivity contribution >= 4 is 0 Å². The molecule has 0 spiro atoms. The van der Waals surface area contributed by atoms with E-state index in [1.807, 2.05) is 17.9 Å². The Balaban J connectivity index is 1.57. The van der Waals surface area contributed by atoms with E-state index in [1.165, 1.54) is 50.6 Å². The van der Waals surface area contributed by atoms with Gasteiger partial charge in [-0.05, 0) is 74.7 Å². The Bertz CT molecular complexity index is 471. The highest BCUT2D eigenvalue weighted by molar-refractivity contribution is 5.08. The molecular formula is C17H28N4. The van der Waals surface area contributed by atoms with Crippen LogP contribution in [0.4, 0.5) is 0 Å². The Morgan fingerprint density at radius 2 is 1.86 bits per heavy atom. The predicted octanol–water partition coefficient (Wildman–Crippen LogP) is 3.07. The lowest BCUT2D eigenvalue weighted by Crippen LogP contribution is -2.47. The van der Waals surface area contributed by atoms with Gasteiger partial charge in [-0.3, -0.25) is 4.68 Å². The predicted molar refractivity (Wildman–Crippen MR) is 82.6 cm³/mol. The number of nitrogens with one attached hydrogen (secondary N) is 1. The van der Waals surface area contributed by atoms with E-state index in [-0.39, 0.29) is 0 Å². The molecule has 4 bridgehead atoms. The molecular weight excluding hydrogens is 260 g/mol. The Morgan fingerprint density at radius 3 is 2.33 bits per heavy atom. The highest BCUT2D eigenvalue weighted by atomic mass is 15.4. The van der Waals surface area contributed by atoms with Crippen LogP contribution < -0.4 is 5.32 Å². The fourth-order valence-electron chi connectivity index (χ4n) is 6.11. The molecule has 0 amide bonds.